The average Bonchev–Trinajstić information content (AvgIpc) is 3.35. The molecule has 8 heteroatoms. The minimum atomic E-state index is -0.436. The average molecular weight is 439 g/mol. The lowest BCUT2D eigenvalue weighted by Gasteiger charge is -2.17. The van der Waals surface area contributed by atoms with Gasteiger partial charge in [0.25, 0.3) is 0 Å². The first-order valence-electron chi connectivity index (χ1n) is 10.1. The molecule has 7 nitrogen and oxygen atoms in total. The third kappa shape index (κ3) is 4.88. The highest BCUT2D eigenvalue weighted by Crippen LogP contribution is 2.28. The van der Waals surface area contributed by atoms with Gasteiger partial charge in [0.2, 0.25) is 11.8 Å². The summed E-state index contributed by atoms with van der Waals surface area (Å²) >= 11 is 6.05. The van der Waals surface area contributed by atoms with E-state index in [1.165, 1.54) is 0 Å². The molecule has 0 spiro atoms. The van der Waals surface area contributed by atoms with Crippen LogP contribution in [0.3, 0.4) is 0 Å². The maximum atomic E-state index is 12.9. The number of carbonyl (C=O) groups excluding carboxylic acids is 2. The largest absolute Gasteiger partial charge is 0.494 e. The van der Waals surface area contributed by atoms with Gasteiger partial charge in [0.1, 0.15) is 11.6 Å². The molecule has 1 aliphatic heterocycles. The third-order valence-electron chi connectivity index (χ3n) is 5.14. The third-order valence-corrected chi connectivity index (χ3v) is 5.38. The molecule has 1 fully saturated rings. The Morgan fingerprint density at radius 1 is 1.23 bits per heavy atom. The molecule has 2 amide bonds. The van der Waals surface area contributed by atoms with Crippen molar-refractivity contribution in [2.24, 2.45) is 5.92 Å². The number of amides is 2. The lowest BCUT2D eigenvalue weighted by molar-refractivity contribution is -0.122. The zero-order valence-electron chi connectivity index (χ0n) is 17.1. The van der Waals surface area contributed by atoms with Gasteiger partial charge in [0.05, 0.1) is 25.3 Å². The molecule has 2 heterocycles. The maximum absolute atomic E-state index is 12.9. The van der Waals surface area contributed by atoms with Crippen LogP contribution in [0.1, 0.15) is 18.9 Å². The van der Waals surface area contributed by atoms with Crippen molar-refractivity contribution in [2.45, 2.75) is 19.9 Å². The Kier molecular flexibility index (Phi) is 6.23. The SMILES string of the molecule is CCOc1ccc(N2C[C@H](C(=O)Nc3ccnn3Cc3cccc(Cl)c3)CC2=O)cc1. The summed E-state index contributed by atoms with van der Waals surface area (Å²) in [5.74, 6) is 0.622. The van der Waals surface area contributed by atoms with Crippen LogP contribution in [0.2, 0.25) is 5.02 Å². The first-order valence-corrected chi connectivity index (χ1v) is 10.5. The second-order valence-corrected chi connectivity index (χ2v) is 7.76. The van der Waals surface area contributed by atoms with Crippen LogP contribution in [-0.4, -0.2) is 34.7 Å². The van der Waals surface area contributed by atoms with Crippen LogP contribution in [0, 0.1) is 5.92 Å². The minimum absolute atomic E-state index is 0.0725. The molecule has 160 valence electrons. The summed E-state index contributed by atoms with van der Waals surface area (Å²) in [5, 5.41) is 7.85. The predicted molar refractivity (Wildman–Crippen MR) is 119 cm³/mol. The van der Waals surface area contributed by atoms with E-state index < -0.39 is 5.92 Å². The lowest BCUT2D eigenvalue weighted by Crippen LogP contribution is -2.28. The highest BCUT2D eigenvalue weighted by Gasteiger charge is 2.35. The molecule has 0 unspecified atom stereocenters. The van der Waals surface area contributed by atoms with Gasteiger partial charge in [0.15, 0.2) is 0 Å². The van der Waals surface area contributed by atoms with Crippen LogP contribution in [0.5, 0.6) is 5.75 Å². The number of benzene rings is 2. The Balaban J connectivity index is 1.41. The molecule has 0 aliphatic carbocycles. The van der Waals surface area contributed by atoms with Crippen LogP contribution in [-0.2, 0) is 16.1 Å². The van der Waals surface area contributed by atoms with Crippen molar-refractivity contribution in [3.63, 3.8) is 0 Å². The van der Waals surface area contributed by atoms with Gasteiger partial charge >= 0.3 is 0 Å². The molecule has 31 heavy (non-hydrogen) atoms. The van der Waals surface area contributed by atoms with Gasteiger partial charge in [-0.3, -0.25) is 9.59 Å². The monoisotopic (exact) mass is 438 g/mol. The zero-order valence-corrected chi connectivity index (χ0v) is 17.9. The molecule has 2 aromatic carbocycles. The summed E-state index contributed by atoms with van der Waals surface area (Å²) in [7, 11) is 0. The van der Waals surface area contributed by atoms with Crippen molar-refractivity contribution >= 4 is 34.9 Å². The molecule has 1 saturated heterocycles. The predicted octanol–water partition coefficient (Wildman–Crippen LogP) is 3.98. The molecule has 1 aromatic heterocycles. The zero-order chi connectivity index (χ0) is 21.8. The van der Waals surface area contributed by atoms with Crippen LogP contribution < -0.4 is 15.0 Å². The number of hydrogen-bond donors (Lipinski definition) is 1. The molecular weight excluding hydrogens is 416 g/mol. The Hall–Kier alpha value is -3.32. The van der Waals surface area contributed by atoms with E-state index >= 15 is 0 Å². The van der Waals surface area contributed by atoms with E-state index in [1.54, 1.807) is 21.8 Å². The van der Waals surface area contributed by atoms with E-state index in [1.807, 2.05) is 55.5 Å². The lowest BCUT2D eigenvalue weighted by atomic mass is 10.1. The van der Waals surface area contributed by atoms with Gasteiger partial charge < -0.3 is 15.0 Å². The Morgan fingerprint density at radius 2 is 2.03 bits per heavy atom. The standard InChI is InChI=1S/C23H23ClN4O3/c1-2-31-20-8-6-19(7-9-20)27-15-17(13-22(27)29)23(30)26-21-10-11-25-28(21)14-16-4-3-5-18(24)12-16/h3-12,17H,2,13-15H2,1H3,(H,26,30)/t17-/m1/s1. The van der Waals surface area contributed by atoms with Crippen molar-refractivity contribution in [2.75, 3.05) is 23.4 Å². The fourth-order valence-corrected chi connectivity index (χ4v) is 3.84. The van der Waals surface area contributed by atoms with E-state index in [9.17, 15) is 9.59 Å². The number of nitrogens with one attached hydrogen (secondary N) is 1. The first kappa shape index (κ1) is 20.9. The number of hydrogen-bond acceptors (Lipinski definition) is 4. The normalized spacial score (nSPS) is 15.9. The Morgan fingerprint density at radius 3 is 2.77 bits per heavy atom. The number of carbonyl (C=O) groups is 2. The van der Waals surface area contributed by atoms with Crippen molar-refractivity contribution in [3.05, 3.63) is 71.4 Å². The van der Waals surface area contributed by atoms with Crippen molar-refractivity contribution in [1.82, 2.24) is 9.78 Å². The topological polar surface area (TPSA) is 76.5 Å². The second-order valence-electron chi connectivity index (χ2n) is 7.33. The fourth-order valence-electron chi connectivity index (χ4n) is 3.62. The van der Waals surface area contributed by atoms with E-state index in [2.05, 4.69) is 10.4 Å². The number of anilines is 2. The van der Waals surface area contributed by atoms with E-state index in [-0.39, 0.29) is 18.2 Å². The van der Waals surface area contributed by atoms with Crippen LogP contribution in [0.25, 0.3) is 0 Å². The van der Waals surface area contributed by atoms with Gasteiger partial charge in [-0.2, -0.15) is 5.10 Å². The van der Waals surface area contributed by atoms with Crippen LogP contribution in [0.4, 0.5) is 11.5 Å². The Bertz CT molecular complexity index is 1080. The molecule has 1 N–H and O–H groups in total. The number of aromatic nitrogens is 2. The fraction of sp³-hybridized carbons (Fsp3) is 0.261. The van der Waals surface area contributed by atoms with E-state index in [4.69, 9.17) is 16.3 Å². The number of nitrogens with zero attached hydrogens (tertiary/aromatic N) is 3. The van der Waals surface area contributed by atoms with Crippen LogP contribution in [0.15, 0.2) is 60.8 Å². The van der Waals surface area contributed by atoms with Crippen LogP contribution >= 0.6 is 11.6 Å². The van der Waals surface area contributed by atoms with E-state index in [0.29, 0.717) is 30.5 Å². The quantitative estimate of drug-likeness (QED) is 0.605. The summed E-state index contributed by atoms with van der Waals surface area (Å²) in [6.45, 7) is 3.31. The molecule has 3 aromatic rings. The molecule has 0 bridgehead atoms. The van der Waals surface area contributed by atoms with Crippen molar-refractivity contribution in [3.8, 4) is 5.75 Å². The maximum Gasteiger partial charge on any atom is 0.230 e. The Labute approximate surface area is 185 Å². The van der Waals surface area contributed by atoms with E-state index in [0.717, 1.165) is 17.0 Å². The smallest absolute Gasteiger partial charge is 0.230 e. The highest BCUT2D eigenvalue weighted by atomic mass is 35.5. The van der Waals surface area contributed by atoms with Crippen molar-refractivity contribution in [1.29, 1.82) is 0 Å². The number of rotatable bonds is 7. The van der Waals surface area contributed by atoms with Gasteiger partial charge in [-0.1, -0.05) is 23.7 Å². The highest BCUT2D eigenvalue weighted by molar-refractivity contribution is 6.30. The molecule has 0 saturated carbocycles. The molecule has 0 radical (unpaired) electrons. The van der Waals surface area contributed by atoms with Gasteiger partial charge in [-0.25, -0.2) is 4.68 Å². The van der Waals surface area contributed by atoms with Gasteiger partial charge in [-0.05, 0) is 48.9 Å². The van der Waals surface area contributed by atoms with Crippen molar-refractivity contribution < 1.29 is 14.3 Å². The minimum Gasteiger partial charge on any atom is -0.494 e. The summed E-state index contributed by atoms with van der Waals surface area (Å²) in [5.41, 5.74) is 1.74. The summed E-state index contributed by atoms with van der Waals surface area (Å²) < 4.78 is 7.14. The summed E-state index contributed by atoms with van der Waals surface area (Å²) in [6, 6.07) is 16.6. The number of halogens is 1. The molecule has 1 aliphatic rings. The molecular formula is C23H23ClN4O3. The first-order chi connectivity index (χ1) is 15.0. The number of ether oxygens (including phenoxy) is 1. The molecule has 4 rings (SSSR count). The van der Waals surface area contributed by atoms with Gasteiger partial charge in [0, 0.05) is 29.7 Å². The second kappa shape index (κ2) is 9.22. The van der Waals surface area contributed by atoms with Gasteiger partial charge in [-0.15, -0.1) is 0 Å². The molecule has 1 atom stereocenters. The summed E-state index contributed by atoms with van der Waals surface area (Å²) in [6.07, 6.45) is 1.80. The summed E-state index contributed by atoms with van der Waals surface area (Å²) in [4.78, 5) is 27.0.